The number of ether oxygens (including phenoxy) is 1. The monoisotopic (exact) mass is 292 g/mol. The third-order valence-electron chi connectivity index (χ3n) is 3.04. The lowest BCUT2D eigenvalue weighted by Gasteiger charge is -2.10. The van der Waals surface area contributed by atoms with Crippen LogP contribution in [0, 0.1) is 13.8 Å². The van der Waals surface area contributed by atoms with Crippen LogP contribution < -0.4 is 5.56 Å². The van der Waals surface area contributed by atoms with Crippen molar-refractivity contribution in [2.45, 2.75) is 33.8 Å². The van der Waals surface area contributed by atoms with Gasteiger partial charge in [0.15, 0.2) is 11.9 Å². The fourth-order valence-corrected chi connectivity index (χ4v) is 2.91. The molecule has 0 aliphatic carbocycles. The summed E-state index contributed by atoms with van der Waals surface area (Å²) in [7, 11) is 0. The number of aromatic amines is 1. The third-order valence-corrected chi connectivity index (χ3v) is 4.14. The molecule has 0 aromatic carbocycles. The summed E-state index contributed by atoms with van der Waals surface area (Å²) in [6.45, 7) is 7.27. The zero-order chi connectivity index (χ0) is 14.9. The lowest BCUT2D eigenvalue weighted by Crippen LogP contribution is -2.16. The van der Waals surface area contributed by atoms with Crippen molar-refractivity contribution in [3.8, 4) is 0 Å². The predicted octanol–water partition coefficient (Wildman–Crippen LogP) is 2.78. The summed E-state index contributed by atoms with van der Waals surface area (Å²) in [5, 5.41) is 0.614. The van der Waals surface area contributed by atoms with E-state index < -0.39 is 12.1 Å². The molecule has 2 aromatic rings. The number of fused-ring (bicyclic) bond motifs is 1. The molecule has 0 radical (unpaired) electrons. The fraction of sp³-hybridized carbons (Fsp3) is 0.357. The van der Waals surface area contributed by atoms with Crippen LogP contribution in [0.2, 0.25) is 0 Å². The minimum atomic E-state index is -0.599. The van der Waals surface area contributed by atoms with E-state index in [-0.39, 0.29) is 5.56 Å². The molecule has 0 aliphatic rings. The Hall–Kier alpha value is -1.95. The Bertz CT molecular complexity index is 743. The number of aromatic nitrogens is 2. The number of carbonyl (C=O) groups excluding carboxylic acids is 1. The number of thiophene rings is 1. The minimum absolute atomic E-state index is 0.194. The molecule has 0 fully saturated rings. The number of nitrogens with zero attached hydrogens (tertiary/aromatic N) is 1. The van der Waals surface area contributed by atoms with Crippen LogP contribution in [0.4, 0.5) is 0 Å². The van der Waals surface area contributed by atoms with E-state index in [2.05, 4.69) is 9.97 Å². The van der Waals surface area contributed by atoms with Crippen LogP contribution in [-0.4, -0.2) is 15.9 Å². The quantitative estimate of drug-likeness (QED) is 0.697. The molecule has 0 saturated carbocycles. The van der Waals surface area contributed by atoms with Crippen molar-refractivity contribution in [3.05, 3.63) is 38.8 Å². The maximum atomic E-state index is 12.1. The Morgan fingerprint density at radius 1 is 1.45 bits per heavy atom. The highest BCUT2D eigenvalue weighted by molar-refractivity contribution is 7.18. The average molecular weight is 292 g/mol. The van der Waals surface area contributed by atoms with Gasteiger partial charge in [0.25, 0.3) is 5.56 Å². The summed E-state index contributed by atoms with van der Waals surface area (Å²) in [5.74, 6) is -0.0945. The van der Waals surface area contributed by atoms with E-state index >= 15 is 0 Å². The van der Waals surface area contributed by atoms with Crippen LogP contribution in [0.15, 0.2) is 16.9 Å². The second-order valence-electron chi connectivity index (χ2n) is 4.49. The number of aryl methyl sites for hydroxylation is 2. The molecule has 106 valence electrons. The molecule has 0 spiro atoms. The van der Waals surface area contributed by atoms with Crippen molar-refractivity contribution in [2.24, 2.45) is 0 Å². The van der Waals surface area contributed by atoms with E-state index in [1.807, 2.05) is 13.8 Å². The molecule has 2 rings (SSSR count). The van der Waals surface area contributed by atoms with Crippen molar-refractivity contribution in [2.75, 3.05) is 0 Å². The molecule has 1 N–H and O–H groups in total. The molecule has 2 heterocycles. The molecule has 20 heavy (non-hydrogen) atoms. The van der Waals surface area contributed by atoms with Crippen molar-refractivity contribution in [1.29, 1.82) is 0 Å². The maximum Gasteiger partial charge on any atom is 0.331 e. The van der Waals surface area contributed by atoms with E-state index in [1.165, 1.54) is 17.4 Å². The van der Waals surface area contributed by atoms with Crippen LogP contribution >= 0.6 is 11.3 Å². The highest BCUT2D eigenvalue weighted by Crippen LogP contribution is 2.26. The second kappa shape index (κ2) is 5.58. The molecule has 2 aromatic heterocycles. The Balaban J connectivity index is 2.41. The molecule has 0 saturated heterocycles. The topological polar surface area (TPSA) is 72.0 Å². The number of hydrogen-bond acceptors (Lipinski definition) is 5. The number of rotatable bonds is 3. The van der Waals surface area contributed by atoms with Crippen molar-refractivity contribution in [1.82, 2.24) is 9.97 Å². The zero-order valence-electron chi connectivity index (χ0n) is 11.8. The number of allylic oxidation sites excluding steroid dienone is 1. The Labute approximate surface area is 120 Å². The van der Waals surface area contributed by atoms with E-state index in [0.717, 1.165) is 10.4 Å². The first-order chi connectivity index (χ1) is 9.43. The highest BCUT2D eigenvalue weighted by atomic mass is 32.1. The fourth-order valence-electron chi connectivity index (χ4n) is 1.87. The standard InChI is InChI=1S/C14H16N2O3S/c1-5-6-10(17)19-8(3)12-15-13(18)11-7(2)9(4)20-14(11)16-12/h5-6,8H,1-4H3,(H,15,16,18)/b6-5+. The molecule has 1 unspecified atom stereocenters. The van der Waals surface area contributed by atoms with Crippen LogP contribution in [0.5, 0.6) is 0 Å². The summed E-state index contributed by atoms with van der Waals surface area (Å²) in [4.78, 5) is 32.3. The lowest BCUT2D eigenvalue weighted by atomic mass is 10.2. The van der Waals surface area contributed by atoms with Gasteiger partial charge in [-0.05, 0) is 33.3 Å². The molecule has 0 bridgehead atoms. The zero-order valence-corrected chi connectivity index (χ0v) is 12.6. The number of hydrogen-bond donors (Lipinski definition) is 1. The van der Waals surface area contributed by atoms with Crippen molar-refractivity contribution in [3.63, 3.8) is 0 Å². The first-order valence-electron chi connectivity index (χ1n) is 6.27. The van der Waals surface area contributed by atoms with Gasteiger partial charge in [-0.3, -0.25) is 4.79 Å². The summed E-state index contributed by atoms with van der Waals surface area (Å²) < 4.78 is 5.16. The Morgan fingerprint density at radius 3 is 2.80 bits per heavy atom. The Morgan fingerprint density at radius 2 is 2.15 bits per heavy atom. The predicted molar refractivity (Wildman–Crippen MR) is 79.0 cm³/mol. The van der Waals surface area contributed by atoms with E-state index in [0.29, 0.717) is 16.0 Å². The van der Waals surface area contributed by atoms with Gasteiger partial charge in [-0.25, -0.2) is 9.78 Å². The van der Waals surface area contributed by atoms with Crippen molar-refractivity contribution < 1.29 is 9.53 Å². The van der Waals surface area contributed by atoms with E-state index in [9.17, 15) is 9.59 Å². The highest BCUT2D eigenvalue weighted by Gasteiger charge is 2.17. The second-order valence-corrected chi connectivity index (χ2v) is 5.70. The van der Waals surface area contributed by atoms with Gasteiger partial charge in [0.1, 0.15) is 4.83 Å². The van der Waals surface area contributed by atoms with Gasteiger partial charge in [-0.2, -0.15) is 0 Å². The molecule has 6 heteroatoms. The maximum absolute atomic E-state index is 12.1. The molecular weight excluding hydrogens is 276 g/mol. The third kappa shape index (κ3) is 2.65. The molecule has 0 aliphatic heterocycles. The minimum Gasteiger partial charge on any atom is -0.451 e. The molecule has 5 nitrogen and oxygen atoms in total. The largest absolute Gasteiger partial charge is 0.451 e. The van der Waals surface area contributed by atoms with Gasteiger partial charge in [0.05, 0.1) is 5.39 Å². The van der Waals surface area contributed by atoms with Gasteiger partial charge >= 0.3 is 5.97 Å². The number of esters is 1. The van der Waals surface area contributed by atoms with Gasteiger partial charge < -0.3 is 9.72 Å². The van der Waals surface area contributed by atoms with E-state index in [4.69, 9.17) is 4.74 Å². The number of nitrogens with one attached hydrogen (secondary N) is 1. The van der Waals surface area contributed by atoms with Gasteiger partial charge in [0, 0.05) is 11.0 Å². The lowest BCUT2D eigenvalue weighted by molar-refractivity contribution is -0.142. The molecule has 1 atom stereocenters. The van der Waals surface area contributed by atoms with Crippen LogP contribution in [0.25, 0.3) is 10.2 Å². The van der Waals surface area contributed by atoms with Gasteiger partial charge in [0.2, 0.25) is 0 Å². The van der Waals surface area contributed by atoms with Crippen LogP contribution in [0.3, 0.4) is 0 Å². The van der Waals surface area contributed by atoms with Crippen LogP contribution in [0.1, 0.15) is 36.2 Å². The summed E-state index contributed by atoms with van der Waals surface area (Å²) in [6.07, 6.45) is 2.32. The van der Waals surface area contributed by atoms with Crippen LogP contribution in [-0.2, 0) is 9.53 Å². The smallest absolute Gasteiger partial charge is 0.331 e. The van der Waals surface area contributed by atoms with Gasteiger partial charge in [-0.1, -0.05) is 6.08 Å². The van der Waals surface area contributed by atoms with Gasteiger partial charge in [-0.15, -0.1) is 11.3 Å². The summed E-state index contributed by atoms with van der Waals surface area (Å²) in [5.41, 5.74) is 0.754. The first-order valence-corrected chi connectivity index (χ1v) is 7.09. The average Bonchev–Trinajstić information content (AvgIpc) is 2.65. The summed E-state index contributed by atoms with van der Waals surface area (Å²) >= 11 is 1.47. The molecular formula is C14H16N2O3S. The normalized spacial score (nSPS) is 13.0. The van der Waals surface area contributed by atoms with E-state index in [1.54, 1.807) is 19.9 Å². The first kappa shape index (κ1) is 14.5. The SMILES string of the molecule is C/C=C/C(=O)OC(C)c1nc2sc(C)c(C)c2c(=O)[nH]1. The Kier molecular flexibility index (Phi) is 4.04. The number of H-pyrrole nitrogens is 1. The summed E-state index contributed by atoms with van der Waals surface area (Å²) in [6, 6.07) is 0. The molecule has 0 amide bonds. The van der Waals surface area contributed by atoms with Crippen molar-refractivity contribution >= 4 is 27.5 Å². The number of carbonyl (C=O) groups is 1.